The van der Waals surface area contributed by atoms with Gasteiger partial charge in [-0.05, 0) is 48.8 Å². The van der Waals surface area contributed by atoms with E-state index in [4.69, 9.17) is 31.2 Å². The molecule has 0 bridgehead atoms. The maximum Gasteiger partial charge on any atom is 0.348 e. The Labute approximate surface area is 184 Å². The molecule has 0 spiro atoms. The van der Waals surface area contributed by atoms with Gasteiger partial charge in [-0.25, -0.2) is 9.59 Å². The van der Waals surface area contributed by atoms with E-state index in [9.17, 15) is 9.59 Å². The summed E-state index contributed by atoms with van der Waals surface area (Å²) in [6.07, 6.45) is 0.683. The van der Waals surface area contributed by atoms with Crippen molar-refractivity contribution >= 4 is 45.6 Å². The van der Waals surface area contributed by atoms with E-state index in [0.717, 1.165) is 16.9 Å². The number of hydrogen-bond donors (Lipinski definition) is 2. The molecular formula is C20H24N2O6S2. The molecule has 10 heteroatoms. The molecule has 0 aliphatic rings. The van der Waals surface area contributed by atoms with Gasteiger partial charge in [-0.3, -0.25) is 0 Å². The molecule has 0 saturated carbocycles. The summed E-state index contributed by atoms with van der Waals surface area (Å²) >= 11 is 6.43. The topological polar surface area (TPSA) is 95.1 Å². The molecule has 2 aromatic rings. The predicted octanol–water partition coefficient (Wildman–Crippen LogP) is 3.18. The van der Waals surface area contributed by atoms with E-state index in [1.54, 1.807) is 21.1 Å². The molecule has 8 nitrogen and oxygen atoms in total. The number of ether oxygens (including phenoxy) is 4. The fourth-order valence-electron chi connectivity index (χ4n) is 2.74. The Hall–Kier alpha value is -2.85. The van der Waals surface area contributed by atoms with Crippen LogP contribution < -0.4 is 20.1 Å². The van der Waals surface area contributed by atoms with Gasteiger partial charge in [-0.15, -0.1) is 11.3 Å². The van der Waals surface area contributed by atoms with Crippen molar-refractivity contribution in [3.05, 3.63) is 39.8 Å². The Bertz CT molecular complexity index is 942. The van der Waals surface area contributed by atoms with E-state index in [0.29, 0.717) is 45.0 Å². The third-order valence-electron chi connectivity index (χ3n) is 4.28. The molecule has 30 heavy (non-hydrogen) atoms. The zero-order chi connectivity index (χ0) is 22.3. The zero-order valence-electron chi connectivity index (χ0n) is 17.4. The summed E-state index contributed by atoms with van der Waals surface area (Å²) in [7, 11) is 5.74. The van der Waals surface area contributed by atoms with E-state index < -0.39 is 11.9 Å². The minimum absolute atomic E-state index is 0.256. The first kappa shape index (κ1) is 23.4. The summed E-state index contributed by atoms with van der Waals surface area (Å²) in [6, 6.07) is 5.69. The summed E-state index contributed by atoms with van der Waals surface area (Å²) in [4.78, 5) is 24.5. The number of thiophene rings is 1. The molecule has 2 rings (SSSR count). The van der Waals surface area contributed by atoms with Crippen LogP contribution in [0.1, 0.15) is 31.2 Å². The van der Waals surface area contributed by atoms with Crippen molar-refractivity contribution in [3.63, 3.8) is 0 Å². The number of nitrogens with one attached hydrogen (secondary N) is 2. The van der Waals surface area contributed by atoms with Crippen molar-refractivity contribution in [2.24, 2.45) is 0 Å². The van der Waals surface area contributed by atoms with Gasteiger partial charge in [-0.2, -0.15) is 0 Å². The fraction of sp³-hybridized carbons (Fsp3) is 0.350. The smallest absolute Gasteiger partial charge is 0.348 e. The number of benzene rings is 1. The molecule has 1 heterocycles. The third kappa shape index (κ3) is 5.39. The van der Waals surface area contributed by atoms with Crippen LogP contribution in [0, 0.1) is 6.92 Å². The fourth-order valence-corrected chi connectivity index (χ4v) is 4.13. The Morgan fingerprint density at radius 3 is 2.30 bits per heavy atom. The standard InChI is InChI=1S/C20H24N2O6S2/c1-11-15(18(23)27-4)17(30-16(11)19(24)28-5)22-20(29)21-9-8-12-6-7-13(25-2)14(10-12)26-3/h6-7,10H,8-9H2,1-5H3,(H2,21,22,29). The molecule has 1 aromatic carbocycles. The molecule has 0 saturated heterocycles. The first-order valence-electron chi connectivity index (χ1n) is 8.92. The van der Waals surface area contributed by atoms with Gasteiger partial charge in [0, 0.05) is 6.54 Å². The predicted molar refractivity (Wildman–Crippen MR) is 119 cm³/mol. The second-order valence-corrected chi connectivity index (χ2v) is 7.49. The lowest BCUT2D eigenvalue weighted by molar-refractivity contribution is 0.0601. The van der Waals surface area contributed by atoms with Crippen molar-refractivity contribution in [1.82, 2.24) is 5.32 Å². The highest BCUT2D eigenvalue weighted by Crippen LogP contribution is 2.34. The number of esters is 2. The second kappa shape index (κ2) is 10.8. The molecular weight excluding hydrogens is 428 g/mol. The second-order valence-electron chi connectivity index (χ2n) is 6.06. The van der Waals surface area contributed by atoms with Crippen LogP contribution in [0.15, 0.2) is 18.2 Å². The first-order valence-corrected chi connectivity index (χ1v) is 10.1. The number of hydrogen-bond acceptors (Lipinski definition) is 8. The van der Waals surface area contributed by atoms with Crippen LogP contribution in [0.3, 0.4) is 0 Å². The number of rotatable bonds is 8. The molecule has 0 fully saturated rings. The van der Waals surface area contributed by atoms with Crippen LogP contribution in [0.25, 0.3) is 0 Å². The van der Waals surface area contributed by atoms with Crippen molar-refractivity contribution in [1.29, 1.82) is 0 Å². The quantitative estimate of drug-likeness (QED) is 0.462. The van der Waals surface area contributed by atoms with E-state index in [2.05, 4.69) is 10.6 Å². The van der Waals surface area contributed by atoms with E-state index in [-0.39, 0.29) is 5.56 Å². The number of methoxy groups -OCH3 is 4. The van der Waals surface area contributed by atoms with Gasteiger partial charge in [0.2, 0.25) is 0 Å². The van der Waals surface area contributed by atoms with Crippen molar-refractivity contribution in [2.45, 2.75) is 13.3 Å². The van der Waals surface area contributed by atoms with Gasteiger partial charge in [0.05, 0.1) is 34.0 Å². The largest absolute Gasteiger partial charge is 0.493 e. The number of carbonyl (C=O) groups excluding carboxylic acids is 2. The molecule has 0 aliphatic carbocycles. The molecule has 0 amide bonds. The van der Waals surface area contributed by atoms with Crippen LogP contribution in [-0.2, 0) is 15.9 Å². The Morgan fingerprint density at radius 2 is 1.70 bits per heavy atom. The Balaban J connectivity index is 2.06. The van der Waals surface area contributed by atoms with E-state index in [1.807, 2.05) is 18.2 Å². The molecule has 2 N–H and O–H groups in total. The molecule has 162 valence electrons. The highest BCUT2D eigenvalue weighted by Gasteiger charge is 2.26. The van der Waals surface area contributed by atoms with Gasteiger partial charge >= 0.3 is 11.9 Å². The van der Waals surface area contributed by atoms with Crippen LogP contribution in [-0.4, -0.2) is 52.0 Å². The first-order chi connectivity index (χ1) is 14.4. The van der Waals surface area contributed by atoms with Crippen LogP contribution in [0.4, 0.5) is 5.00 Å². The third-order valence-corrected chi connectivity index (χ3v) is 5.72. The van der Waals surface area contributed by atoms with Crippen molar-refractivity contribution in [3.8, 4) is 11.5 Å². The van der Waals surface area contributed by atoms with Gasteiger partial charge in [0.15, 0.2) is 16.6 Å². The Kier molecular flexibility index (Phi) is 8.43. The lowest BCUT2D eigenvalue weighted by Crippen LogP contribution is -2.30. The summed E-state index contributed by atoms with van der Waals surface area (Å²) < 4.78 is 20.2. The van der Waals surface area contributed by atoms with Crippen LogP contribution in [0.5, 0.6) is 11.5 Å². The van der Waals surface area contributed by atoms with Gasteiger partial charge in [0.25, 0.3) is 0 Å². The van der Waals surface area contributed by atoms with Crippen LogP contribution in [0.2, 0.25) is 0 Å². The maximum atomic E-state index is 12.2. The zero-order valence-corrected chi connectivity index (χ0v) is 19.0. The lowest BCUT2D eigenvalue weighted by Gasteiger charge is -2.12. The maximum absolute atomic E-state index is 12.2. The normalized spacial score (nSPS) is 10.2. The van der Waals surface area contributed by atoms with Crippen molar-refractivity contribution in [2.75, 3.05) is 40.3 Å². The molecule has 0 atom stereocenters. The van der Waals surface area contributed by atoms with Crippen molar-refractivity contribution < 1.29 is 28.5 Å². The van der Waals surface area contributed by atoms with E-state index in [1.165, 1.54) is 14.2 Å². The number of anilines is 1. The summed E-state index contributed by atoms with van der Waals surface area (Å²) in [5.41, 5.74) is 1.78. The summed E-state index contributed by atoms with van der Waals surface area (Å²) in [6.45, 7) is 2.21. The van der Waals surface area contributed by atoms with E-state index >= 15 is 0 Å². The van der Waals surface area contributed by atoms with Gasteiger partial charge in [-0.1, -0.05) is 6.07 Å². The monoisotopic (exact) mass is 452 g/mol. The van der Waals surface area contributed by atoms with Gasteiger partial charge in [0.1, 0.15) is 9.88 Å². The summed E-state index contributed by atoms with van der Waals surface area (Å²) in [5, 5.41) is 6.80. The highest BCUT2D eigenvalue weighted by molar-refractivity contribution is 7.80. The average molecular weight is 453 g/mol. The molecule has 0 unspecified atom stereocenters. The molecule has 0 radical (unpaired) electrons. The summed E-state index contributed by atoms with van der Waals surface area (Å²) in [5.74, 6) is 0.233. The SMILES string of the molecule is COC(=O)c1sc(NC(=S)NCCc2ccc(OC)c(OC)c2)c(C(=O)OC)c1C. The number of carbonyl (C=O) groups is 2. The Morgan fingerprint density at radius 1 is 1.03 bits per heavy atom. The lowest BCUT2D eigenvalue weighted by atomic mass is 10.1. The number of thiocarbonyl (C=S) groups is 1. The molecule has 0 aliphatic heterocycles. The average Bonchev–Trinajstić information content (AvgIpc) is 3.07. The minimum Gasteiger partial charge on any atom is -0.493 e. The van der Waals surface area contributed by atoms with Crippen LogP contribution >= 0.6 is 23.6 Å². The minimum atomic E-state index is -0.561. The molecule has 1 aromatic heterocycles. The van der Waals surface area contributed by atoms with Gasteiger partial charge < -0.3 is 29.6 Å². The highest BCUT2D eigenvalue weighted by atomic mass is 32.1.